The van der Waals surface area contributed by atoms with Crippen LogP contribution in [0.25, 0.3) is 5.57 Å². The van der Waals surface area contributed by atoms with Gasteiger partial charge in [0.05, 0.1) is 7.11 Å². The fourth-order valence-electron chi connectivity index (χ4n) is 2.86. The highest BCUT2D eigenvalue weighted by Crippen LogP contribution is 2.31. The summed E-state index contributed by atoms with van der Waals surface area (Å²) >= 11 is 0. The van der Waals surface area contributed by atoms with Gasteiger partial charge in [0, 0.05) is 19.2 Å². The molecule has 26 heavy (non-hydrogen) atoms. The average Bonchev–Trinajstić information content (AvgIpc) is 2.93. The van der Waals surface area contributed by atoms with E-state index in [1.165, 1.54) is 0 Å². The molecule has 0 bridgehead atoms. The van der Waals surface area contributed by atoms with E-state index in [9.17, 15) is 9.59 Å². The molecule has 5 nitrogen and oxygen atoms in total. The Morgan fingerprint density at radius 1 is 1.31 bits per heavy atom. The van der Waals surface area contributed by atoms with Gasteiger partial charge in [-0.2, -0.15) is 0 Å². The predicted octanol–water partition coefficient (Wildman–Crippen LogP) is 3.03. The molecule has 1 atom stereocenters. The second kappa shape index (κ2) is 8.21. The lowest BCUT2D eigenvalue weighted by Crippen LogP contribution is -2.47. The van der Waals surface area contributed by atoms with Crippen molar-refractivity contribution in [3.8, 4) is 5.75 Å². The highest BCUT2D eigenvalue weighted by Gasteiger charge is 2.38. The Hall–Kier alpha value is -2.56. The molecule has 2 amide bonds. The molecule has 5 heteroatoms. The number of hydrogen-bond donors (Lipinski definition) is 1. The molecule has 0 fully saturated rings. The highest BCUT2D eigenvalue weighted by atomic mass is 16.5. The zero-order valence-corrected chi connectivity index (χ0v) is 16.0. The third-order valence-corrected chi connectivity index (χ3v) is 4.36. The van der Waals surface area contributed by atoms with Crippen molar-refractivity contribution in [1.82, 2.24) is 10.2 Å². The fraction of sp³-hybridized carbons (Fsp3) is 0.429. The zero-order chi connectivity index (χ0) is 19.3. The van der Waals surface area contributed by atoms with Gasteiger partial charge in [0.25, 0.3) is 0 Å². The second-order valence-corrected chi connectivity index (χ2v) is 7.61. The van der Waals surface area contributed by atoms with Crippen LogP contribution in [0.3, 0.4) is 0 Å². The normalized spacial score (nSPS) is 17.1. The van der Waals surface area contributed by atoms with Gasteiger partial charge < -0.3 is 15.0 Å². The summed E-state index contributed by atoms with van der Waals surface area (Å²) in [6.07, 6.45) is 4.02. The van der Waals surface area contributed by atoms with Crippen molar-refractivity contribution >= 4 is 17.4 Å². The lowest BCUT2D eigenvalue weighted by atomic mass is 9.91. The molecule has 2 rings (SSSR count). The number of methoxy groups -OCH3 is 1. The summed E-state index contributed by atoms with van der Waals surface area (Å²) in [6, 6.07) is 6.78. The molecular weight excluding hydrogens is 328 g/mol. The van der Waals surface area contributed by atoms with E-state index in [1.54, 1.807) is 24.2 Å². The van der Waals surface area contributed by atoms with Gasteiger partial charge in [0.2, 0.25) is 11.8 Å². The van der Waals surface area contributed by atoms with Gasteiger partial charge in [-0.05, 0) is 35.1 Å². The number of amides is 2. The van der Waals surface area contributed by atoms with E-state index >= 15 is 0 Å². The maximum atomic E-state index is 12.8. The smallest absolute Gasteiger partial charge is 0.247 e. The van der Waals surface area contributed by atoms with Crippen LogP contribution in [0.1, 0.15) is 32.8 Å². The SMILES string of the molecule is C=CCNC(=O)C1C(c2ccc(OC)cc2)=CC(=O)N1CCC(C)(C)C. The summed E-state index contributed by atoms with van der Waals surface area (Å²) in [5, 5.41) is 2.83. The molecule has 140 valence electrons. The average molecular weight is 356 g/mol. The van der Waals surface area contributed by atoms with E-state index in [2.05, 4.69) is 32.7 Å². The Morgan fingerprint density at radius 3 is 2.50 bits per heavy atom. The molecule has 0 aliphatic carbocycles. The molecule has 1 aliphatic heterocycles. The van der Waals surface area contributed by atoms with Gasteiger partial charge in [0.15, 0.2) is 0 Å². The van der Waals surface area contributed by atoms with Gasteiger partial charge in [-0.1, -0.05) is 39.0 Å². The minimum atomic E-state index is -0.627. The van der Waals surface area contributed by atoms with Gasteiger partial charge >= 0.3 is 0 Å². The van der Waals surface area contributed by atoms with Crippen LogP contribution in [0.2, 0.25) is 0 Å². The first-order valence-corrected chi connectivity index (χ1v) is 8.82. The first kappa shape index (κ1) is 19.8. The Balaban J connectivity index is 2.31. The van der Waals surface area contributed by atoms with E-state index in [-0.39, 0.29) is 17.2 Å². The van der Waals surface area contributed by atoms with Crippen LogP contribution in [0.15, 0.2) is 43.0 Å². The highest BCUT2D eigenvalue weighted by molar-refractivity contribution is 6.10. The molecule has 1 unspecified atom stereocenters. The molecule has 1 aliphatic rings. The van der Waals surface area contributed by atoms with E-state index in [4.69, 9.17) is 4.74 Å². The summed E-state index contributed by atoms with van der Waals surface area (Å²) in [4.78, 5) is 27.0. The van der Waals surface area contributed by atoms with E-state index in [0.717, 1.165) is 17.7 Å². The zero-order valence-electron chi connectivity index (χ0n) is 16.0. The van der Waals surface area contributed by atoms with Crippen LogP contribution in [0, 0.1) is 5.41 Å². The number of carbonyl (C=O) groups is 2. The first-order valence-electron chi connectivity index (χ1n) is 8.82. The van der Waals surface area contributed by atoms with E-state index in [0.29, 0.717) is 18.7 Å². The van der Waals surface area contributed by atoms with Crippen molar-refractivity contribution in [2.45, 2.75) is 33.2 Å². The summed E-state index contributed by atoms with van der Waals surface area (Å²) in [5.41, 5.74) is 1.63. The standard InChI is InChI=1S/C21H28N2O3/c1-6-12-22-20(25)19-17(15-7-9-16(26-5)10-8-15)14-18(24)23(19)13-11-21(2,3)4/h6-10,14,19H,1,11-13H2,2-5H3,(H,22,25). The molecule has 1 aromatic carbocycles. The monoisotopic (exact) mass is 356 g/mol. The maximum absolute atomic E-state index is 12.8. The van der Waals surface area contributed by atoms with Crippen molar-refractivity contribution in [3.05, 3.63) is 48.6 Å². The van der Waals surface area contributed by atoms with Crippen LogP contribution in [0.5, 0.6) is 5.75 Å². The minimum absolute atomic E-state index is 0.0747. The summed E-state index contributed by atoms with van der Waals surface area (Å²) in [6.45, 7) is 10.9. The van der Waals surface area contributed by atoms with Crippen LogP contribution in [-0.4, -0.2) is 43.0 Å². The molecule has 1 heterocycles. The van der Waals surface area contributed by atoms with Crippen molar-refractivity contribution in [2.24, 2.45) is 5.41 Å². The van der Waals surface area contributed by atoms with Gasteiger partial charge in [-0.25, -0.2) is 0 Å². The van der Waals surface area contributed by atoms with Crippen molar-refractivity contribution in [1.29, 1.82) is 0 Å². The van der Waals surface area contributed by atoms with Crippen molar-refractivity contribution in [3.63, 3.8) is 0 Å². The van der Waals surface area contributed by atoms with Crippen molar-refractivity contribution in [2.75, 3.05) is 20.2 Å². The first-order chi connectivity index (χ1) is 12.3. The predicted molar refractivity (Wildman–Crippen MR) is 104 cm³/mol. The molecule has 1 aromatic rings. The summed E-state index contributed by atoms with van der Waals surface area (Å²) < 4.78 is 5.19. The van der Waals surface area contributed by atoms with Crippen LogP contribution in [-0.2, 0) is 9.59 Å². The van der Waals surface area contributed by atoms with E-state index < -0.39 is 6.04 Å². The number of rotatable bonds is 7. The Morgan fingerprint density at radius 2 is 1.96 bits per heavy atom. The van der Waals surface area contributed by atoms with Gasteiger partial charge in [-0.3, -0.25) is 9.59 Å². The quantitative estimate of drug-likeness (QED) is 0.764. The van der Waals surface area contributed by atoms with Crippen LogP contribution < -0.4 is 10.1 Å². The van der Waals surface area contributed by atoms with E-state index in [1.807, 2.05) is 24.3 Å². The number of hydrogen-bond acceptors (Lipinski definition) is 3. The minimum Gasteiger partial charge on any atom is -0.497 e. The molecular formula is C21H28N2O3. The lowest BCUT2D eigenvalue weighted by Gasteiger charge is -2.29. The third-order valence-electron chi connectivity index (χ3n) is 4.36. The maximum Gasteiger partial charge on any atom is 0.247 e. The van der Waals surface area contributed by atoms with Gasteiger partial charge in [-0.15, -0.1) is 6.58 Å². The molecule has 1 N–H and O–H groups in total. The number of nitrogens with one attached hydrogen (secondary N) is 1. The largest absolute Gasteiger partial charge is 0.497 e. The number of benzene rings is 1. The number of nitrogens with zero attached hydrogens (tertiary/aromatic N) is 1. The molecule has 0 spiro atoms. The van der Waals surface area contributed by atoms with Crippen LogP contribution >= 0.6 is 0 Å². The molecule has 0 radical (unpaired) electrons. The molecule has 0 saturated heterocycles. The summed E-state index contributed by atoms with van der Waals surface area (Å²) in [5.74, 6) is 0.418. The Labute approximate surface area is 155 Å². The fourth-order valence-corrected chi connectivity index (χ4v) is 2.86. The number of carbonyl (C=O) groups excluding carboxylic acids is 2. The second-order valence-electron chi connectivity index (χ2n) is 7.61. The molecule has 0 saturated carbocycles. The van der Waals surface area contributed by atoms with Gasteiger partial charge in [0.1, 0.15) is 11.8 Å². The Kier molecular flexibility index (Phi) is 6.24. The molecule has 0 aromatic heterocycles. The van der Waals surface area contributed by atoms with Crippen LogP contribution in [0.4, 0.5) is 0 Å². The topological polar surface area (TPSA) is 58.6 Å². The van der Waals surface area contributed by atoms with Crippen molar-refractivity contribution < 1.29 is 14.3 Å². The third kappa shape index (κ3) is 4.75. The number of ether oxygens (including phenoxy) is 1. The lowest BCUT2D eigenvalue weighted by molar-refractivity contribution is -0.133. The Bertz CT molecular complexity index is 699. The summed E-state index contributed by atoms with van der Waals surface area (Å²) in [7, 11) is 1.60.